The van der Waals surface area contributed by atoms with Gasteiger partial charge >= 0.3 is 0 Å². The molecule has 1 fully saturated rings. The van der Waals surface area contributed by atoms with E-state index >= 15 is 0 Å². The molecule has 1 aliphatic rings. The normalized spacial score (nSPS) is 25.2. The van der Waals surface area contributed by atoms with Gasteiger partial charge in [-0.1, -0.05) is 90.0 Å². The lowest BCUT2D eigenvalue weighted by Gasteiger charge is -2.32. The number of benzene rings is 3. The average Bonchev–Trinajstić information content (AvgIpc) is 3.01. The molecule has 0 spiro atoms. The molecule has 3 aromatic carbocycles. The highest BCUT2D eigenvalue weighted by Crippen LogP contribution is 2.49. The zero-order chi connectivity index (χ0) is 20.6. The molecule has 0 radical (unpaired) electrons. The van der Waals surface area contributed by atoms with Crippen LogP contribution in [0.3, 0.4) is 0 Å². The predicted molar refractivity (Wildman–Crippen MR) is 116 cm³/mol. The standard InChI is InChI=1S/C23H23ClN2O2S/c1-17-13-15-20(16-14-17)29(27,28)26-22(19-11-7-4-8-12-19)21(25-23(26,2)24)18-9-5-3-6-10-18/h3-16,21-22,25H,1-2H3/t21-,22-,23-/m1/s1. The van der Waals surface area contributed by atoms with Gasteiger partial charge in [-0.05, 0) is 37.1 Å². The minimum atomic E-state index is -3.86. The number of aryl methyl sites for hydroxylation is 1. The zero-order valence-corrected chi connectivity index (χ0v) is 17.9. The largest absolute Gasteiger partial charge is 0.277 e. The molecule has 0 unspecified atom stereocenters. The van der Waals surface area contributed by atoms with Gasteiger partial charge < -0.3 is 0 Å². The SMILES string of the molecule is Cc1ccc(S(=O)(=O)N2[C@H](c3ccccc3)[C@@H](c3ccccc3)N[C@@]2(C)Cl)cc1. The van der Waals surface area contributed by atoms with Gasteiger partial charge in [0.05, 0.1) is 17.0 Å². The quantitative estimate of drug-likeness (QED) is 0.472. The van der Waals surface area contributed by atoms with Crippen LogP contribution in [0.25, 0.3) is 0 Å². The minimum absolute atomic E-state index is 0.228. The number of hydrogen-bond donors (Lipinski definition) is 1. The summed E-state index contributed by atoms with van der Waals surface area (Å²) in [6.07, 6.45) is 0. The van der Waals surface area contributed by atoms with E-state index in [1.165, 1.54) is 4.31 Å². The topological polar surface area (TPSA) is 49.4 Å². The van der Waals surface area contributed by atoms with Crippen LogP contribution in [0.1, 0.15) is 35.7 Å². The zero-order valence-electron chi connectivity index (χ0n) is 16.3. The van der Waals surface area contributed by atoms with E-state index in [2.05, 4.69) is 5.32 Å². The Morgan fingerprint density at radius 2 is 1.38 bits per heavy atom. The monoisotopic (exact) mass is 426 g/mol. The van der Waals surface area contributed by atoms with Gasteiger partial charge in [0.25, 0.3) is 0 Å². The smallest absolute Gasteiger partial charge is 0.246 e. The van der Waals surface area contributed by atoms with E-state index < -0.39 is 21.2 Å². The van der Waals surface area contributed by atoms with E-state index in [0.29, 0.717) is 0 Å². The fourth-order valence-electron chi connectivity index (χ4n) is 3.93. The molecule has 1 heterocycles. The van der Waals surface area contributed by atoms with E-state index in [0.717, 1.165) is 16.7 Å². The fourth-order valence-corrected chi connectivity index (χ4v) is 6.17. The van der Waals surface area contributed by atoms with Gasteiger partial charge in [-0.3, -0.25) is 5.32 Å². The number of rotatable bonds is 4. The maximum absolute atomic E-state index is 13.7. The van der Waals surface area contributed by atoms with Crippen LogP contribution < -0.4 is 5.32 Å². The van der Waals surface area contributed by atoms with Crippen LogP contribution in [0.2, 0.25) is 0 Å². The number of halogens is 1. The highest BCUT2D eigenvalue weighted by molar-refractivity contribution is 7.89. The summed E-state index contributed by atoms with van der Waals surface area (Å²) in [4.78, 5) is 0.228. The molecule has 4 rings (SSSR count). The van der Waals surface area contributed by atoms with E-state index in [4.69, 9.17) is 11.6 Å². The molecule has 0 aromatic heterocycles. The Balaban J connectivity index is 1.89. The van der Waals surface area contributed by atoms with Gasteiger partial charge in [0, 0.05) is 0 Å². The molecule has 29 heavy (non-hydrogen) atoms. The summed E-state index contributed by atoms with van der Waals surface area (Å²) in [6.45, 7) is 3.62. The Hall–Kier alpha value is -2.18. The Morgan fingerprint density at radius 1 is 0.862 bits per heavy atom. The second kappa shape index (κ2) is 7.58. The fraction of sp³-hybridized carbons (Fsp3) is 0.217. The van der Waals surface area contributed by atoms with Crippen LogP contribution in [-0.2, 0) is 10.0 Å². The van der Waals surface area contributed by atoms with E-state index in [1.54, 1.807) is 31.2 Å². The van der Waals surface area contributed by atoms with Gasteiger partial charge in [-0.15, -0.1) is 0 Å². The third-order valence-electron chi connectivity index (χ3n) is 5.28. The molecule has 0 aliphatic carbocycles. The van der Waals surface area contributed by atoms with Gasteiger partial charge in [0.2, 0.25) is 10.0 Å². The van der Waals surface area contributed by atoms with Crippen molar-refractivity contribution in [3.8, 4) is 0 Å². The third-order valence-corrected chi connectivity index (χ3v) is 7.65. The number of sulfonamides is 1. The molecule has 6 heteroatoms. The van der Waals surface area contributed by atoms with Gasteiger partial charge in [-0.2, -0.15) is 4.31 Å². The first-order valence-corrected chi connectivity index (χ1v) is 11.3. The van der Waals surface area contributed by atoms with Crippen molar-refractivity contribution in [2.75, 3.05) is 0 Å². The first kappa shape index (κ1) is 20.1. The molecule has 0 saturated carbocycles. The molecular formula is C23H23ClN2O2S. The first-order chi connectivity index (χ1) is 13.8. The van der Waals surface area contributed by atoms with E-state index in [1.807, 2.05) is 67.6 Å². The second-order valence-electron chi connectivity index (χ2n) is 7.46. The van der Waals surface area contributed by atoms with E-state index in [-0.39, 0.29) is 10.9 Å². The lowest BCUT2D eigenvalue weighted by atomic mass is 9.95. The van der Waals surface area contributed by atoms with Crippen molar-refractivity contribution in [2.24, 2.45) is 0 Å². The van der Waals surface area contributed by atoms with Crippen molar-refractivity contribution >= 4 is 21.6 Å². The number of hydrogen-bond acceptors (Lipinski definition) is 3. The predicted octanol–water partition coefficient (Wildman–Crippen LogP) is 4.98. The molecule has 1 aliphatic heterocycles. The molecule has 4 nitrogen and oxygen atoms in total. The third kappa shape index (κ3) is 3.71. The number of alkyl halides is 1. The molecule has 1 saturated heterocycles. The Kier molecular flexibility index (Phi) is 5.25. The van der Waals surface area contributed by atoms with E-state index in [9.17, 15) is 8.42 Å². The second-order valence-corrected chi connectivity index (χ2v) is 10.0. The molecular weight excluding hydrogens is 404 g/mol. The lowest BCUT2D eigenvalue weighted by Crippen LogP contribution is -2.47. The summed E-state index contributed by atoms with van der Waals surface area (Å²) in [7, 11) is -3.86. The summed E-state index contributed by atoms with van der Waals surface area (Å²) in [5.74, 6) is 0. The van der Waals surface area contributed by atoms with Crippen LogP contribution in [0.15, 0.2) is 89.8 Å². The van der Waals surface area contributed by atoms with Gasteiger partial charge in [0.1, 0.15) is 0 Å². The molecule has 0 amide bonds. The summed E-state index contributed by atoms with van der Waals surface area (Å²) in [6, 6.07) is 25.5. The Labute approximate surface area is 177 Å². The van der Waals surface area contributed by atoms with Crippen molar-refractivity contribution < 1.29 is 8.42 Å². The Bertz CT molecular complexity index is 1080. The molecule has 3 aromatic rings. The van der Waals surface area contributed by atoms with Crippen LogP contribution >= 0.6 is 11.6 Å². The van der Waals surface area contributed by atoms with Crippen LogP contribution in [0.5, 0.6) is 0 Å². The number of nitrogens with one attached hydrogen (secondary N) is 1. The van der Waals surface area contributed by atoms with Crippen molar-refractivity contribution in [2.45, 2.75) is 35.9 Å². The summed E-state index contributed by atoms with van der Waals surface area (Å²) in [5, 5.41) is 2.06. The maximum atomic E-state index is 13.7. The van der Waals surface area contributed by atoms with Crippen molar-refractivity contribution in [1.82, 2.24) is 9.62 Å². The van der Waals surface area contributed by atoms with Crippen LogP contribution in [0, 0.1) is 6.92 Å². The summed E-state index contributed by atoms with van der Waals surface area (Å²) >= 11 is 6.82. The number of nitrogens with zero attached hydrogens (tertiary/aromatic N) is 1. The van der Waals surface area contributed by atoms with Crippen molar-refractivity contribution in [3.05, 3.63) is 102 Å². The minimum Gasteiger partial charge on any atom is -0.277 e. The van der Waals surface area contributed by atoms with Crippen LogP contribution in [0.4, 0.5) is 0 Å². The highest BCUT2D eigenvalue weighted by atomic mass is 35.5. The summed E-state index contributed by atoms with van der Waals surface area (Å²) in [5.41, 5.74) is 2.86. The highest BCUT2D eigenvalue weighted by Gasteiger charge is 2.54. The molecule has 0 bridgehead atoms. The van der Waals surface area contributed by atoms with Crippen molar-refractivity contribution in [1.29, 1.82) is 0 Å². The average molecular weight is 427 g/mol. The lowest BCUT2D eigenvalue weighted by molar-refractivity contribution is 0.295. The van der Waals surface area contributed by atoms with Gasteiger partial charge in [-0.25, -0.2) is 8.42 Å². The maximum Gasteiger partial charge on any atom is 0.246 e. The van der Waals surface area contributed by atoms with Crippen molar-refractivity contribution in [3.63, 3.8) is 0 Å². The molecule has 3 atom stereocenters. The molecule has 1 N–H and O–H groups in total. The van der Waals surface area contributed by atoms with Crippen LogP contribution in [-0.4, -0.2) is 17.8 Å². The Morgan fingerprint density at radius 3 is 1.93 bits per heavy atom. The van der Waals surface area contributed by atoms with Gasteiger partial charge in [0.15, 0.2) is 5.12 Å². The summed E-state index contributed by atoms with van der Waals surface area (Å²) < 4.78 is 28.8. The molecule has 150 valence electrons. The first-order valence-electron chi connectivity index (χ1n) is 9.48.